The topological polar surface area (TPSA) is 26.3 Å². The Kier molecular flexibility index (Phi) is 6.37. The minimum Gasteiger partial charge on any atom is -0.497 e. The van der Waals surface area contributed by atoms with Crippen molar-refractivity contribution in [3.63, 3.8) is 0 Å². The van der Waals surface area contributed by atoms with E-state index < -0.39 is 0 Å². The SMILES string of the molecule is COc1ccc(C(CC(=O)c2ccc(Cl)cc2)Sc2ccccc2)cc1. The van der Waals surface area contributed by atoms with Crippen molar-refractivity contribution in [2.45, 2.75) is 16.6 Å². The summed E-state index contributed by atoms with van der Waals surface area (Å²) in [6.45, 7) is 0. The van der Waals surface area contributed by atoms with Gasteiger partial charge in [-0.3, -0.25) is 4.79 Å². The predicted octanol–water partition coefficient (Wildman–Crippen LogP) is 6.46. The highest BCUT2D eigenvalue weighted by molar-refractivity contribution is 7.99. The lowest BCUT2D eigenvalue weighted by Crippen LogP contribution is -2.05. The highest BCUT2D eigenvalue weighted by atomic mass is 35.5. The number of ether oxygens (including phenoxy) is 1. The Morgan fingerprint density at radius 2 is 1.62 bits per heavy atom. The van der Waals surface area contributed by atoms with Gasteiger partial charge in [0.15, 0.2) is 5.78 Å². The van der Waals surface area contributed by atoms with Gasteiger partial charge in [0.2, 0.25) is 0 Å². The van der Waals surface area contributed by atoms with Gasteiger partial charge in [-0.25, -0.2) is 0 Å². The highest BCUT2D eigenvalue weighted by Crippen LogP contribution is 2.39. The van der Waals surface area contributed by atoms with Crippen LogP contribution < -0.4 is 4.74 Å². The lowest BCUT2D eigenvalue weighted by atomic mass is 10.0. The second-order valence-corrected chi connectivity index (χ2v) is 7.54. The fourth-order valence-electron chi connectivity index (χ4n) is 2.63. The van der Waals surface area contributed by atoms with Crippen LogP contribution in [-0.4, -0.2) is 12.9 Å². The second kappa shape index (κ2) is 8.93. The number of benzene rings is 3. The monoisotopic (exact) mass is 382 g/mol. The molecule has 0 aliphatic carbocycles. The van der Waals surface area contributed by atoms with Crippen LogP contribution in [0.25, 0.3) is 0 Å². The summed E-state index contributed by atoms with van der Waals surface area (Å²) in [7, 11) is 1.65. The van der Waals surface area contributed by atoms with E-state index in [2.05, 4.69) is 12.1 Å². The van der Waals surface area contributed by atoms with Gasteiger partial charge in [0.25, 0.3) is 0 Å². The molecule has 0 fully saturated rings. The molecule has 0 radical (unpaired) electrons. The molecule has 0 heterocycles. The third-order valence-electron chi connectivity index (χ3n) is 4.05. The molecule has 0 spiro atoms. The molecule has 132 valence electrons. The zero-order chi connectivity index (χ0) is 18.4. The van der Waals surface area contributed by atoms with Crippen LogP contribution in [-0.2, 0) is 0 Å². The second-order valence-electron chi connectivity index (χ2n) is 5.83. The third kappa shape index (κ3) is 4.90. The van der Waals surface area contributed by atoms with Gasteiger partial charge in [0.1, 0.15) is 5.75 Å². The summed E-state index contributed by atoms with van der Waals surface area (Å²) >= 11 is 7.62. The van der Waals surface area contributed by atoms with Gasteiger partial charge in [-0.15, -0.1) is 11.8 Å². The average Bonchev–Trinajstić information content (AvgIpc) is 2.69. The highest BCUT2D eigenvalue weighted by Gasteiger charge is 2.19. The molecule has 0 aliphatic rings. The lowest BCUT2D eigenvalue weighted by molar-refractivity contribution is 0.0982. The maximum absolute atomic E-state index is 12.8. The number of hydrogen-bond donors (Lipinski definition) is 0. The van der Waals surface area contributed by atoms with Crippen molar-refractivity contribution >= 4 is 29.1 Å². The molecule has 0 N–H and O–H groups in total. The normalized spacial score (nSPS) is 11.8. The molecule has 0 aromatic heterocycles. The van der Waals surface area contributed by atoms with Crippen LogP contribution in [0.4, 0.5) is 0 Å². The molecule has 26 heavy (non-hydrogen) atoms. The smallest absolute Gasteiger partial charge is 0.164 e. The van der Waals surface area contributed by atoms with E-state index in [-0.39, 0.29) is 11.0 Å². The Morgan fingerprint density at radius 3 is 2.23 bits per heavy atom. The number of Topliss-reactive ketones (excluding diaryl/α,β-unsaturated/α-hetero) is 1. The molecule has 0 aliphatic heterocycles. The van der Waals surface area contributed by atoms with Gasteiger partial charge in [0.05, 0.1) is 7.11 Å². The van der Waals surface area contributed by atoms with Gasteiger partial charge in [-0.1, -0.05) is 41.9 Å². The van der Waals surface area contributed by atoms with E-state index in [4.69, 9.17) is 16.3 Å². The number of hydrogen-bond acceptors (Lipinski definition) is 3. The Morgan fingerprint density at radius 1 is 0.962 bits per heavy atom. The quantitative estimate of drug-likeness (QED) is 0.346. The number of carbonyl (C=O) groups is 1. The molecule has 1 atom stereocenters. The molecular weight excluding hydrogens is 364 g/mol. The molecule has 3 aromatic rings. The molecule has 3 aromatic carbocycles. The summed E-state index contributed by atoms with van der Waals surface area (Å²) in [5.74, 6) is 0.909. The fraction of sp³-hybridized carbons (Fsp3) is 0.136. The molecule has 0 saturated carbocycles. The first-order chi connectivity index (χ1) is 12.7. The van der Waals surface area contributed by atoms with E-state index in [0.29, 0.717) is 17.0 Å². The summed E-state index contributed by atoms with van der Waals surface area (Å²) in [4.78, 5) is 13.9. The minimum absolute atomic E-state index is 0.0199. The first-order valence-electron chi connectivity index (χ1n) is 8.30. The van der Waals surface area contributed by atoms with Crippen molar-refractivity contribution in [3.05, 3.63) is 95.0 Å². The Balaban J connectivity index is 1.83. The van der Waals surface area contributed by atoms with Crippen LogP contribution in [0.2, 0.25) is 5.02 Å². The molecule has 0 saturated heterocycles. The summed E-state index contributed by atoms with van der Waals surface area (Å²) in [6, 6.07) is 25.1. The van der Waals surface area contributed by atoms with Crippen molar-refractivity contribution in [1.29, 1.82) is 0 Å². The van der Waals surface area contributed by atoms with Crippen molar-refractivity contribution in [2.75, 3.05) is 7.11 Å². The standard InChI is InChI=1S/C22H19ClO2S/c1-25-19-13-9-17(10-14-19)22(26-20-5-3-2-4-6-20)15-21(24)16-7-11-18(23)12-8-16/h2-14,22H,15H2,1H3. The van der Waals surface area contributed by atoms with Gasteiger partial charge in [-0.2, -0.15) is 0 Å². The van der Waals surface area contributed by atoms with Gasteiger partial charge in [0, 0.05) is 27.2 Å². The zero-order valence-corrected chi connectivity index (χ0v) is 16.0. The van der Waals surface area contributed by atoms with E-state index in [1.807, 2.05) is 42.5 Å². The van der Waals surface area contributed by atoms with E-state index >= 15 is 0 Å². The number of thioether (sulfide) groups is 1. The van der Waals surface area contributed by atoms with Crippen molar-refractivity contribution in [1.82, 2.24) is 0 Å². The van der Waals surface area contributed by atoms with Crippen LogP contribution in [0.1, 0.15) is 27.6 Å². The zero-order valence-electron chi connectivity index (χ0n) is 14.4. The van der Waals surface area contributed by atoms with Crippen LogP contribution in [0.15, 0.2) is 83.8 Å². The first-order valence-corrected chi connectivity index (χ1v) is 9.56. The number of methoxy groups -OCH3 is 1. The molecular formula is C22H19ClO2S. The third-order valence-corrected chi connectivity index (χ3v) is 5.57. The first kappa shape index (κ1) is 18.6. The lowest BCUT2D eigenvalue weighted by Gasteiger charge is -2.17. The Labute approximate surface area is 163 Å². The van der Waals surface area contributed by atoms with Gasteiger partial charge >= 0.3 is 0 Å². The van der Waals surface area contributed by atoms with Crippen molar-refractivity contribution in [3.8, 4) is 5.75 Å². The van der Waals surface area contributed by atoms with E-state index in [9.17, 15) is 4.79 Å². The van der Waals surface area contributed by atoms with Crippen LogP contribution >= 0.6 is 23.4 Å². The van der Waals surface area contributed by atoms with Crippen molar-refractivity contribution < 1.29 is 9.53 Å². The molecule has 1 unspecified atom stereocenters. The van der Waals surface area contributed by atoms with Gasteiger partial charge < -0.3 is 4.74 Å². The summed E-state index contributed by atoms with van der Waals surface area (Å²) < 4.78 is 5.24. The maximum Gasteiger partial charge on any atom is 0.164 e. The number of ketones is 1. The number of carbonyl (C=O) groups excluding carboxylic acids is 1. The van der Waals surface area contributed by atoms with Gasteiger partial charge in [-0.05, 0) is 54.1 Å². The van der Waals surface area contributed by atoms with Crippen LogP contribution in [0.3, 0.4) is 0 Å². The largest absolute Gasteiger partial charge is 0.497 e. The molecule has 2 nitrogen and oxygen atoms in total. The molecule has 4 heteroatoms. The van der Waals surface area contributed by atoms with E-state index in [1.165, 1.54) is 0 Å². The van der Waals surface area contributed by atoms with E-state index in [1.54, 1.807) is 43.1 Å². The summed E-state index contributed by atoms with van der Waals surface area (Å²) in [5.41, 5.74) is 1.78. The summed E-state index contributed by atoms with van der Waals surface area (Å²) in [5, 5.41) is 0.651. The summed E-state index contributed by atoms with van der Waals surface area (Å²) in [6.07, 6.45) is 0.410. The van der Waals surface area contributed by atoms with Crippen LogP contribution in [0.5, 0.6) is 5.75 Å². The van der Waals surface area contributed by atoms with Crippen LogP contribution in [0, 0.1) is 0 Å². The maximum atomic E-state index is 12.8. The molecule has 0 bridgehead atoms. The molecule has 3 rings (SSSR count). The fourth-order valence-corrected chi connectivity index (χ4v) is 3.93. The molecule has 0 amide bonds. The van der Waals surface area contributed by atoms with E-state index in [0.717, 1.165) is 16.2 Å². The minimum atomic E-state index is 0.0199. The Hall–Kier alpha value is -2.23. The predicted molar refractivity (Wildman–Crippen MR) is 108 cm³/mol. The average molecular weight is 383 g/mol. The number of halogens is 1. The number of rotatable bonds is 7. The van der Waals surface area contributed by atoms with Crippen molar-refractivity contribution in [2.24, 2.45) is 0 Å². The Bertz CT molecular complexity index is 846.